The maximum atomic E-state index is 12.6. The number of carbonyl (C=O) groups is 1. The smallest absolute Gasteiger partial charge is 0.255 e. The minimum atomic E-state index is -0.160. The van der Waals surface area contributed by atoms with Crippen LogP contribution in [0.25, 0.3) is 0 Å². The molecule has 29 heavy (non-hydrogen) atoms. The first-order valence-corrected chi connectivity index (χ1v) is 9.16. The first-order chi connectivity index (χ1) is 14.2. The van der Waals surface area contributed by atoms with Gasteiger partial charge in [-0.3, -0.25) is 14.7 Å². The highest BCUT2D eigenvalue weighted by Gasteiger charge is 2.17. The number of aromatic nitrogens is 3. The van der Waals surface area contributed by atoms with Crippen LogP contribution in [0.4, 0.5) is 23.0 Å². The van der Waals surface area contributed by atoms with Crippen LogP contribution in [0, 0.1) is 6.92 Å². The Morgan fingerprint density at radius 3 is 2.31 bits per heavy atom. The molecule has 2 aromatic carbocycles. The standard InChI is InChI=1S/C23H19N5O/c1-17-8-9-19(27-22(29)18-6-3-2-4-7-18)16-21(17)28(20-10-14-24-15-11-20)23-25-12-5-13-26-23/h2-16H,1H3,(H,27,29). The molecule has 1 amide bonds. The number of aryl methyl sites for hydroxylation is 1. The van der Waals surface area contributed by atoms with E-state index in [-0.39, 0.29) is 5.91 Å². The van der Waals surface area contributed by atoms with Gasteiger partial charge in [0, 0.05) is 36.0 Å². The molecule has 0 aliphatic rings. The van der Waals surface area contributed by atoms with Crippen LogP contribution in [-0.4, -0.2) is 20.9 Å². The Morgan fingerprint density at radius 2 is 1.59 bits per heavy atom. The second-order valence-electron chi connectivity index (χ2n) is 6.41. The zero-order valence-corrected chi connectivity index (χ0v) is 15.9. The number of pyridine rings is 1. The van der Waals surface area contributed by atoms with Gasteiger partial charge in [0.15, 0.2) is 0 Å². The maximum Gasteiger partial charge on any atom is 0.255 e. The van der Waals surface area contributed by atoms with Crippen LogP contribution >= 0.6 is 0 Å². The molecule has 142 valence electrons. The number of nitrogens with one attached hydrogen (secondary N) is 1. The molecule has 4 rings (SSSR count). The van der Waals surface area contributed by atoms with Gasteiger partial charge in [0.1, 0.15) is 0 Å². The van der Waals surface area contributed by atoms with E-state index in [1.54, 1.807) is 43.0 Å². The largest absolute Gasteiger partial charge is 0.322 e. The molecule has 0 spiro atoms. The van der Waals surface area contributed by atoms with E-state index in [4.69, 9.17) is 0 Å². The Labute approximate surface area is 168 Å². The molecule has 4 aromatic rings. The molecule has 0 saturated heterocycles. The van der Waals surface area contributed by atoms with Crippen LogP contribution in [0.15, 0.2) is 91.5 Å². The zero-order valence-electron chi connectivity index (χ0n) is 15.9. The van der Waals surface area contributed by atoms with E-state index in [1.807, 2.05) is 60.4 Å². The fourth-order valence-electron chi connectivity index (χ4n) is 2.98. The van der Waals surface area contributed by atoms with Crippen LogP contribution in [0.5, 0.6) is 0 Å². The van der Waals surface area contributed by atoms with Crippen molar-refractivity contribution in [1.29, 1.82) is 0 Å². The van der Waals surface area contributed by atoms with Crippen LogP contribution < -0.4 is 10.2 Å². The summed E-state index contributed by atoms with van der Waals surface area (Å²) in [6, 6.07) is 20.5. The lowest BCUT2D eigenvalue weighted by Crippen LogP contribution is -2.16. The molecule has 0 atom stereocenters. The predicted octanol–water partition coefficient (Wildman–Crippen LogP) is 4.90. The second-order valence-corrected chi connectivity index (χ2v) is 6.41. The van der Waals surface area contributed by atoms with Crippen LogP contribution in [0.3, 0.4) is 0 Å². The van der Waals surface area contributed by atoms with Crippen molar-refractivity contribution < 1.29 is 4.79 Å². The van der Waals surface area contributed by atoms with Gasteiger partial charge in [-0.15, -0.1) is 0 Å². The summed E-state index contributed by atoms with van der Waals surface area (Å²) in [6.07, 6.45) is 6.85. The lowest BCUT2D eigenvalue weighted by atomic mass is 10.1. The van der Waals surface area contributed by atoms with Gasteiger partial charge in [0.05, 0.1) is 11.4 Å². The Balaban J connectivity index is 1.74. The minimum absolute atomic E-state index is 0.160. The van der Waals surface area contributed by atoms with Crippen molar-refractivity contribution in [3.8, 4) is 0 Å². The summed E-state index contributed by atoms with van der Waals surface area (Å²) in [5.41, 5.74) is 4.06. The third kappa shape index (κ3) is 4.11. The molecule has 0 radical (unpaired) electrons. The molecule has 0 bridgehead atoms. The van der Waals surface area contributed by atoms with Gasteiger partial charge in [-0.25, -0.2) is 9.97 Å². The van der Waals surface area contributed by atoms with Crippen LogP contribution in [0.1, 0.15) is 15.9 Å². The number of rotatable bonds is 5. The maximum absolute atomic E-state index is 12.6. The highest BCUT2D eigenvalue weighted by Crippen LogP contribution is 2.35. The topological polar surface area (TPSA) is 71.0 Å². The summed E-state index contributed by atoms with van der Waals surface area (Å²) < 4.78 is 0. The lowest BCUT2D eigenvalue weighted by Gasteiger charge is -2.25. The van der Waals surface area contributed by atoms with E-state index in [9.17, 15) is 4.79 Å². The highest BCUT2D eigenvalue weighted by atomic mass is 16.1. The van der Waals surface area contributed by atoms with Gasteiger partial charge >= 0.3 is 0 Å². The van der Waals surface area contributed by atoms with E-state index in [0.29, 0.717) is 17.2 Å². The van der Waals surface area contributed by atoms with E-state index >= 15 is 0 Å². The first kappa shape index (κ1) is 18.3. The molecule has 0 unspecified atom stereocenters. The molecular weight excluding hydrogens is 362 g/mol. The van der Waals surface area contributed by atoms with Gasteiger partial charge in [-0.05, 0) is 55.0 Å². The van der Waals surface area contributed by atoms with Crippen molar-refractivity contribution in [3.63, 3.8) is 0 Å². The summed E-state index contributed by atoms with van der Waals surface area (Å²) in [5.74, 6) is 0.375. The molecule has 0 fully saturated rings. The molecule has 0 aliphatic heterocycles. The van der Waals surface area contributed by atoms with Crippen LogP contribution in [-0.2, 0) is 0 Å². The van der Waals surface area contributed by atoms with Crippen LogP contribution in [0.2, 0.25) is 0 Å². The zero-order chi connectivity index (χ0) is 20.1. The molecule has 0 aliphatic carbocycles. The summed E-state index contributed by atoms with van der Waals surface area (Å²) in [4.78, 5) is 27.4. The normalized spacial score (nSPS) is 10.4. The summed E-state index contributed by atoms with van der Waals surface area (Å²) in [5, 5.41) is 2.96. The number of hydrogen-bond acceptors (Lipinski definition) is 5. The number of anilines is 4. The van der Waals surface area contributed by atoms with Crippen molar-refractivity contribution in [3.05, 3.63) is 103 Å². The number of hydrogen-bond donors (Lipinski definition) is 1. The second kappa shape index (κ2) is 8.31. The molecule has 2 heterocycles. The van der Waals surface area contributed by atoms with E-state index in [1.165, 1.54) is 0 Å². The predicted molar refractivity (Wildman–Crippen MR) is 114 cm³/mol. The summed E-state index contributed by atoms with van der Waals surface area (Å²) in [6.45, 7) is 2.01. The van der Waals surface area contributed by atoms with E-state index in [2.05, 4.69) is 20.3 Å². The molecule has 2 aromatic heterocycles. The first-order valence-electron chi connectivity index (χ1n) is 9.16. The fraction of sp³-hybridized carbons (Fsp3) is 0.0435. The van der Waals surface area contributed by atoms with Gasteiger partial charge in [0.2, 0.25) is 5.95 Å². The SMILES string of the molecule is Cc1ccc(NC(=O)c2ccccc2)cc1N(c1ccncc1)c1ncccn1. The Bertz CT molecular complexity index is 1060. The Hall–Kier alpha value is -4.06. The molecule has 6 nitrogen and oxygen atoms in total. The van der Waals surface area contributed by atoms with Gasteiger partial charge in [0.25, 0.3) is 5.91 Å². The van der Waals surface area contributed by atoms with Gasteiger partial charge in [-0.1, -0.05) is 24.3 Å². The minimum Gasteiger partial charge on any atom is -0.322 e. The molecule has 0 saturated carbocycles. The Morgan fingerprint density at radius 1 is 0.862 bits per heavy atom. The molecular formula is C23H19N5O. The summed E-state index contributed by atoms with van der Waals surface area (Å²) in [7, 11) is 0. The van der Waals surface area contributed by atoms with E-state index < -0.39 is 0 Å². The number of carbonyl (C=O) groups excluding carboxylic acids is 1. The van der Waals surface area contributed by atoms with Crippen molar-refractivity contribution in [2.45, 2.75) is 6.92 Å². The monoisotopic (exact) mass is 381 g/mol. The lowest BCUT2D eigenvalue weighted by molar-refractivity contribution is 0.102. The number of benzene rings is 2. The van der Waals surface area contributed by atoms with E-state index in [0.717, 1.165) is 16.9 Å². The third-order valence-corrected chi connectivity index (χ3v) is 4.42. The third-order valence-electron chi connectivity index (χ3n) is 4.42. The number of amides is 1. The van der Waals surface area contributed by atoms with Crippen molar-refractivity contribution in [2.75, 3.05) is 10.2 Å². The van der Waals surface area contributed by atoms with Crippen molar-refractivity contribution >= 4 is 28.9 Å². The molecule has 6 heteroatoms. The average molecular weight is 381 g/mol. The van der Waals surface area contributed by atoms with Crippen molar-refractivity contribution in [1.82, 2.24) is 15.0 Å². The average Bonchev–Trinajstić information content (AvgIpc) is 2.78. The number of nitrogens with zero attached hydrogens (tertiary/aromatic N) is 4. The van der Waals surface area contributed by atoms with Gasteiger partial charge in [-0.2, -0.15) is 0 Å². The molecule has 1 N–H and O–H groups in total. The van der Waals surface area contributed by atoms with Crippen molar-refractivity contribution in [2.24, 2.45) is 0 Å². The summed E-state index contributed by atoms with van der Waals surface area (Å²) >= 11 is 0. The quantitative estimate of drug-likeness (QED) is 0.532. The Kier molecular flexibility index (Phi) is 5.25. The fourth-order valence-corrected chi connectivity index (χ4v) is 2.98. The highest BCUT2D eigenvalue weighted by molar-refractivity contribution is 6.04. The van der Waals surface area contributed by atoms with Gasteiger partial charge < -0.3 is 5.32 Å².